The van der Waals surface area contributed by atoms with Gasteiger partial charge in [-0.25, -0.2) is 0 Å². The molecule has 2 aromatic heterocycles. The van der Waals surface area contributed by atoms with Crippen LogP contribution >= 0.6 is 0 Å². The number of aromatic nitrogens is 4. The average Bonchev–Trinajstić information content (AvgIpc) is 2.64. The second kappa shape index (κ2) is 7.91. The molecule has 0 saturated carbocycles. The summed E-state index contributed by atoms with van der Waals surface area (Å²) in [6.45, 7) is 0. The Kier molecular flexibility index (Phi) is 7.13. The van der Waals surface area contributed by atoms with Crippen molar-refractivity contribution in [3.05, 3.63) is 43.0 Å². The number of aromatic amines is 1. The third kappa shape index (κ3) is 5.58. The minimum atomic E-state index is 0. The Bertz CT molecular complexity index is 201. The summed E-state index contributed by atoms with van der Waals surface area (Å²) >= 11 is 0. The van der Waals surface area contributed by atoms with Crippen molar-refractivity contribution >= 4 is 0 Å². The zero-order valence-electron chi connectivity index (χ0n) is 6.18. The van der Waals surface area contributed by atoms with Gasteiger partial charge in [-0.15, -0.1) is 0 Å². The van der Waals surface area contributed by atoms with Gasteiger partial charge in [0.05, 0.1) is 12.4 Å². The molecule has 0 saturated heterocycles. The second-order valence-corrected chi connectivity index (χ2v) is 1.68. The van der Waals surface area contributed by atoms with Gasteiger partial charge in [0.1, 0.15) is 0 Å². The van der Waals surface area contributed by atoms with E-state index >= 15 is 0 Å². The maximum atomic E-state index is 3.78. The molecule has 0 fully saturated rings. The summed E-state index contributed by atoms with van der Waals surface area (Å²) < 4.78 is 0. The van der Waals surface area contributed by atoms with Crippen LogP contribution in [0.3, 0.4) is 0 Å². The molecule has 0 aliphatic rings. The molecule has 0 atom stereocenters. The summed E-state index contributed by atoms with van der Waals surface area (Å²) in [5.41, 5.74) is 0. The van der Waals surface area contributed by atoms with Crippen LogP contribution in [0.5, 0.6) is 0 Å². The van der Waals surface area contributed by atoms with Crippen molar-refractivity contribution in [2.75, 3.05) is 0 Å². The van der Waals surface area contributed by atoms with Crippen molar-refractivity contribution in [3.8, 4) is 0 Å². The number of nitrogens with one attached hydrogen (secondary N) is 1. The molecule has 2 aromatic rings. The molecule has 0 aliphatic heterocycles. The van der Waals surface area contributed by atoms with Gasteiger partial charge in [0, 0.05) is 29.5 Å². The SMILES string of the molecule is [Cu].c1ccncc1.c1cn[nH]n1. The maximum Gasteiger partial charge on any atom is 0.0690 e. The van der Waals surface area contributed by atoms with Crippen LogP contribution in [0.15, 0.2) is 43.0 Å². The second-order valence-electron chi connectivity index (χ2n) is 1.68. The van der Waals surface area contributed by atoms with E-state index in [9.17, 15) is 0 Å². The first-order valence-corrected chi connectivity index (χ1v) is 3.15. The third-order valence-corrected chi connectivity index (χ3v) is 0.898. The summed E-state index contributed by atoms with van der Waals surface area (Å²) in [5, 5.41) is 9.33. The molecule has 5 heteroatoms. The Hall–Kier alpha value is -1.19. The molecule has 0 unspecified atom stereocenters. The molecule has 1 radical (unpaired) electrons. The topological polar surface area (TPSA) is 54.5 Å². The van der Waals surface area contributed by atoms with Gasteiger partial charge >= 0.3 is 0 Å². The predicted octanol–water partition coefficient (Wildman–Crippen LogP) is 0.884. The molecule has 0 spiro atoms. The normalized spacial score (nSPS) is 7.33. The summed E-state index contributed by atoms with van der Waals surface area (Å²) in [6.07, 6.45) is 6.67. The fourth-order valence-electron chi connectivity index (χ4n) is 0.479. The van der Waals surface area contributed by atoms with Crippen LogP contribution in [0.2, 0.25) is 0 Å². The van der Waals surface area contributed by atoms with Gasteiger partial charge in [-0.05, 0) is 12.1 Å². The first-order valence-electron chi connectivity index (χ1n) is 3.15. The largest absolute Gasteiger partial charge is 0.265 e. The van der Waals surface area contributed by atoms with E-state index in [1.165, 1.54) is 0 Å². The molecule has 2 rings (SSSR count). The van der Waals surface area contributed by atoms with E-state index in [1.54, 1.807) is 24.8 Å². The zero-order chi connectivity index (χ0) is 7.78. The van der Waals surface area contributed by atoms with E-state index in [2.05, 4.69) is 20.4 Å². The molecule has 0 amide bonds. The van der Waals surface area contributed by atoms with E-state index in [0.717, 1.165) is 0 Å². The zero-order valence-corrected chi connectivity index (χ0v) is 7.13. The van der Waals surface area contributed by atoms with Gasteiger partial charge in [-0.3, -0.25) is 4.98 Å². The third-order valence-electron chi connectivity index (χ3n) is 0.898. The van der Waals surface area contributed by atoms with Crippen LogP contribution in [0, 0.1) is 0 Å². The molecule has 67 valence electrons. The van der Waals surface area contributed by atoms with E-state index in [-0.39, 0.29) is 17.1 Å². The first-order chi connectivity index (χ1) is 5.50. The van der Waals surface area contributed by atoms with Crippen molar-refractivity contribution in [2.45, 2.75) is 0 Å². The van der Waals surface area contributed by atoms with Crippen LogP contribution in [-0.4, -0.2) is 20.4 Å². The predicted molar refractivity (Wildman–Crippen MR) is 40.6 cm³/mol. The standard InChI is InChI=1S/C5H5N.C2H3N3.Cu/c1-2-4-6-5-3-1;1-2-4-5-3-1;/h1-5H;1-2H,(H,3,4,5);. The molecule has 0 bridgehead atoms. The average molecular weight is 212 g/mol. The number of nitrogens with zero attached hydrogens (tertiary/aromatic N) is 3. The Morgan fingerprint density at radius 2 is 1.33 bits per heavy atom. The maximum absolute atomic E-state index is 3.78. The van der Waals surface area contributed by atoms with E-state index < -0.39 is 0 Å². The molecule has 2 heterocycles. The van der Waals surface area contributed by atoms with Gasteiger partial charge in [0.2, 0.25) is 0 Å². The molecule has 1 N–H and O–H groups in total. The van der Waals surface area contributed by atoms with Crippen LogP contribution in [-0.2, 0) is 17.1 Å². The molecule has 0 aromatic carbocycles. The summed E-state index contributed by atoms with van der Waals surface area (Å²) in [4.78, 5) is 3.78. The number of pyridine rings is 1. The van der Waals surface area contributed by atoms with Crippen LogP contribution < -0.4 is 0 Å². The van der Waals surface area contributed by atoms with Gasteiger partial charge in [-0.1, -0.05) is 6.07 Å². The van der Waals surface area contributed by atoms with Crippen molar-refractivity contribution in [3.63, 3.8) is 0 Å². The fraction of sp³-hybridized carbons (Fsp3) is 0. The van der Waals surface area contributed by atoms with Crippen molar-refractivity contribution in [2.24, 2.45) is 0 Å². The van der Waals surface area contributed by atoms with Gasteiger partial charge < -0.3 is 0 Å². The minimum Gasteiger partial charge on any atom is -0.265 e. The molecular formula is C7H8CuN4. The Morgan fingerprint density at radius 1 is 0.750 bits per heavy atom. The monoisotopic (exact) mass is 211 g/mol. The summed E-state index contributed by atoms with van der Waals surface area (Å²) in [5.74, 6) is 0. The Labute approximate surface area is 80.9 Å². The quantitative estimate of drug-likeness (QED) is 0.659. The summed E-state index contributed by atoms with van der Waals surface area (Å²) in [7, 11) is 0. The van der Waals surface area contributed by atoms with E-state index in [4.69, 9.17) is 0 Å². The van der Waals surface area contributed by atoms with Crippen LogP contribution in [0.1, 0.15) is 0 Å². The van der Waals surface area contributed by atoms with Crippen molar-refractivity contribution in [1.82, 2.24) is 20.4 Å². The van der Waals surface area contributed by atoms with Crippen molar-refractivity contribution < 1.29 is 17.1 Å². The number of hydrogen-bond acceptors (Lipinski definition) is 3. The van der Waals surface area contributed by atoms with Gasteiger partial charge in [-0.2, -0.15) is 15.4 Å². The minimum absolute atomic E-state index is 0. The smallest absolute Gasteiger partial charge is 0.0690 e. The first kappa shape index (κ1) is 10.8. The molecule has 4 nitrogen and oxygen atoms in total. The molecule has 12 heavy (non-hydrogen) atoms. The van der Waals surface area contributed by atoms with Gasteiger partial charge in [0.15, 0.2) is 0 Å². The van der Waals surface area contributed by atoms with E-state index in [0.29, 0.717) is 0 Å². The molecule has 0 aliphatic carbocycles. The van der Waals surface area contributed by atoms with Crippen LogP contribution in [0.25, 0.3) is 0 Å². The molecular weight excluding hydrogens is 204 g/mol. The van der Waals surface area contributed by atoms with Crippen molar-refractivity contribution in [1.29, 1.82) is 0 Å². The van der Waals surface area contributed by atoms with Gasteiger partial charge in [0.25, 0.3) is 0 Å². The van der Waals surface area contributed by atoms with Crippen LogP contribution in [0.4, 0.5) is 0 Å². The Balaban J connectivity index is 0.000000189. The Morgan fingerprint density at radius 3 is 1.50 bits per heavy atom. The number of hydrogen-bond donors (Lipinski definition) is 1. The van der Waals surface area contributed by atoms with E-state index in [1.807, 2.05) is 18.2 Å². The fourth-order valence-corrected chi connectivity index (χ4v) is 0.479. The summed E-state index contributed by atoms with van der Waals surface area (Å²) in [6, 6.07) is 5.72. The number of rotatable bonds is 0. The number of H-pyrrole nitrogens is 1.